The van der Waals surface area contributed by atoms with Crippen LogP contribution in [0.2, 0.25) is 0 Å². The number of rotatable bonds is 8. The first-order valence-electron chi connectivity index (χ1n) is 9.60. The number of carbonyl (C=O) groups excluding carboxylic acids is 4. The average molecular weight is 434 g/mol. The van der Waals surface area contributed by atoms with Gasteiger partial charge in [-0.1, -0.05) is 0 Å². The number of nitro groups is 1. The van der Waals surface area contributed by atoms with Gasteiger partial charge in [0.25, 0.3) is 17.5 Å². The molecule has 12 nitrogen and oxygen atoms in total. The van der Waals surface area contributed by atoms with E-state index in [0.717, 1.165) is 17.0 Å². The van der Waals surface area contributed by atoms with Gasteiger partial charge in [-0.2, -0.15) is 0 Å². The molecule has 12 heteroatoms. The molecule has 31 heavy (non-hydrogen) atoms. The van der Waals surface area contributed by atoms with Crippen LogP contribution in [0.4, 0.5) is 5.69 Å². The molecule has 4 amide bonds. The lowest BCUT2D eigenvalue weighted by Gasteiger charge is -2.35. The van der Waals surface area contributed by atoms with Gasteiger partial charge in [0, 0.05) is 45.4 Å². The van der Waals surface area contributed by atoms with Gasteiger partial charge >= 0.3 is 0 Å². The van der Waals surface area contributed by atoms with Gasteiger partial charge in [0.1, 0.15) is 13.2 Å². The smallest absolute Gasteiger partial charge is 0.270 e. The number of carbonyl (C=O) groups is 4. The van der Waals surface area contributed by atoms with E-state index in [0.29, 0.717) is 26.3 Å². The molecule has 0 aliphatic carbocycles. The van der Waals surface area contributed by atoms with Crippen LogP contribution in [0, 0.1) is 10.1 Å². The number of ether oxygens (including phenoxy) is 2. The summed E-state index contributed by atoms with van der Waals surface area (Å²) in [5.74, 6) is -2.03. The molecule has 1 aromatic carbocycles. The van der Waals surface area contributed by atoms with Crippen molar-refractivity contribution in [3.8, 4) is 0 Å². The van der Waals surface area contributed by atoms with E-state index < -0.39 is 29.2 Å². The number of hydrogen-bond donors (Lipinski definition) is 0. The van der Waals surface area contributed by atoms with Crippen molar-refractivity contribution in [3.63, 3.8) is 0 Å². The Morgan fingerprint density at radius 3 is 2.23 bits per heavy atom. The zero-order valence-corrected chi connectivity index (χ0v) is 16.9. The van der Waals surface area contributed by atoms with Gasteiger partial charge in [-0.15, -0.1) is 0 Å². The first-order valence-corrected chi connectivity index (χ1v) is 9.60. The Labute approximate surface area is 177 Å². The maximum Gasteiger partial charge on any atom is 0.270 e. The zero-order valence-electron chi connectivity index (χ0n) is 16.9. The molecule has 0 spiro atoms. The molecule has 1 saturated heterocycles. The highest BCUT2D eigenvalue weighted by molar-refractivity contribution is 6.22. The molecule has 2 aliphatic heterocycles. The van der Waals surface area contributed by atoms with Gasteiger partial charge in [-0.05, 0) is 6.07 Å². The third kappa shape index (κ3) is 4.86. The molecule has 1 aromatic rings. The van der Waals surface area contributed by atoms with Gasteiger partial charge in [-0.3, -0.25) is 34.2 Å². The van der Waals surface area contributed by atoms with E-state index in [2.05, 4.69) is 0 Å². The van der Waals surface area contributed by atoms with Crippen LogP contribution in [0.3, 0.4) is 0 Å². The van der Waals surface area contributed by atoms with Gasteiger partial charge in [0.2, 0.25) is 11.8 Å². The fourth-order valence-electron chi connectivity index (χ4n) is 3.37. The highest BCUT2D eigenvalue weighted by Crippen LogP contribution is 2.26. The number of piperazine rings is 1. The van der Waals surface area contributed by atoms with E-state index in [1.54, 1.807) is 4.90 Å². The second-order valence-electron chi connectivity index (χ2n) is 6.99. The molecule has 2 heterocycles. The standard InChI is InChI=1S/C19H22N4O8/c1-30-8-9-31-12-17(25)21-6-4-20(5-7-21)16(24)11-22-18(26)14-3-2-13(23(28)29)10-15(14)19(22)27/h2-3,10H,4-9,11-12H2,1H3. The van der Waals surface area contributed by atoms with Crippen LogP contribution < -0.4 is 0 Å². The second kappa shape index (κ2) is 9.62. The molecule has 0 saturated carbocycles. The topological polar surface area (TPSA) is 140 Å². The largest absolute Gasteiger partial charge is 0.382 e. The highest BCUT2D eigenvalue weighted by atomic mass is 16.6. The van der Waals surface area contributed by atoms with Gasteiger partial charge in [-0.25, -0.2) is 0 Å². The van der Waals surface area contributed by atoms with E-state index in [1.807, 2.05) is 0 Å². The summed E-state index contributed by atoms with van der Waals surface area (Å²) in [6.45, 7) is 1.31. The lowest BCUT2D eigenvalue weighted by molar-refractivity contribution is -0.384. The van der Waals surface area contributed by atoms with Crippen LogP contribution in [0.5, 0.6) is 0 Å². The van der Waals surface area contributed by atoms with Gasteiger partial charge < -0.3 is 19.3 Å². The fourth-order valence-corrected chi connectivity index (χ4v) is 3.37. The molecule has 0 unspecified atom stereocenters. The van der Waals surface area contributed by atoms with Crippen LogP contribution in [0.1, 0.15) is 20.7 Å². The van der Waals surface area contributed by atoms with Crippen molar-refractivity contribution in [2.45, 2.75) is 0 Å². The summed E-state index contributed by atoms with van der Waals surface area (Å²) in [4.78, 5) is 63.8. The minimum Gasteiger partial charge on any atom is -0.382 e. The zero-order chi connectivity index (χ0) is 22.5. The number of imide groups is 1. The summed E-state index contributed by atoms with van der Waals surface area (Å²) in [6, 6.07) is 3.40. The fraction of sp³-hybridized carbons (Fsp3) is 0.474. The third-order valence-electron chi connectivity index (χ3n) is 5.10. The molecule has 1 fully saturated rings. The van der Waals surface area contributed by atoms with Crippen LogP contribution in [-0.2, 0) is 19.1 Å². The van der Waals surface area contributed by atoms with Crippen LogP contribution in [-0.4, -0.2) is 103 Å². The predicted molar refractivity (Wildman–Crippen MR) is 104 cm³/mol. The molecule has 0 atom stereocenters. The second-order valence-corrected chi connectivity index (χ2v) is 6.99. The van der Waals surface area contributed by atoms with E-state index in [1.165, 1.54) is 18.1 Å². The molecule has 0 bridgehead atoms. The summed E-state index contributed by atoms with van der Waals surface area (Å²) in [5.41, 5.74) is -0.358. The van der Waals surface area contributed by atoms with E-state index in [-0.39, 0.29) is 42.4 Å². The van der Waals surface area contributed by atoms with Crippen molar-refractivity contribution in [1.29, 1.82) is 0 Å². The van der Waals surface area contributed by atoms with Gasteiger partial charge in [0.05, 0.1) is 29.3 Å². The van der Waals surface area contributed by atoms with E-state index in [4.69, 9.17) is 9.47 Å². The molecule has 3 rings (SSSR count). The molecule has 0 aromatic heterocycles. The minimum atomic E-state index is -0.737. The maximum absolute atomic E-state index is 12.6. The lowest BCUT2D eigenvalue weighted by atomic mass is 10.1. The van der Waals surface area contributed by atoms with Crippen molar-refractivity contribution in [2.75, 3.05) is 59.7 Å². The Morgan fingerprint density at radius 1 is 1.00 bits per heavy atom. The number of hydrogen-bond acceptors (Lipinski definition) is 8. The van der Waals surface area contributed by atoms with Crippen molar-refractivity contribution < 1.29 is 33.6 Å². The highest BCUT2D eigenvalue weighted by Gasteiger charge is 2.39. The Hall–Kier alpha value is -3.38. The first kappa shape index (κ1) is 22.3. The Bertz CT molecular complexity index is 910. The summed E-state index contributed by atoms with van der Waals surface area (Å²) in [7, 11) is 1.53. The first-order chi connectivity index (χ1) is 14.8. The lowest BCUT2D eigenvalue weighted by Crippen LogP contribution is -2.53. The summed E-state index contributed by atoms with van der Waals surface area (Å²) in [5, 5.41) is 10.9. The quantitative estimate of drug-likeness (QED) is 0.231. The number of nitro benzene ring substituents is 1. The Kier molecular flexibility index (Phi) is 6.92. The average Bonchev–Trinajstić information content (AvgIpc) is 3.01. The summed E-state index contributed by atoms with van der Waals surface area (Å²) >= 11 is 0. The number of amides is 4. The minimum absolute atomic E-state index is 0.0345. The van der Waals surface area contributed by atoms with Crippen LogP contribution in [0.25, 0.3) is 0 Å². The van der Waals surface area contributed by atoms with Crippen LogP contribution >= 0.6 is 0 Å². The predicted octanol–water partition coefficient (Wildman–Crippen LogP) is -0.475. The van der Waals surface area contributed by atoms with Crippen molar-refractivity contribution in [2.24, 2.45) is 0 Å². The molecule has 0 N–H and O–H groups in total. The van der Waals surface area contributed by atoms with Gasteiger partial charge in [0.15, 0.2) is 0 Å². The third-order valence-corrected chi connectivity index (χ3v) is 5.10. The van der Waals surface area contributed by atoms with Crippen molar-refractivity contribution >= 4 is 29.3 Å². The Balaban J connectivity index is 1.53. The summed E-state index contributed by atoms with van der Waals surface area (Å²) in [6.07, 6.45) is 0. The number of fused-ring (bicyclic) bond motifs is 1. The molecule has 0 radical (unpaired) electrons. The van der Waals surface area contributed by atoms with E-state index in [9.17, 15) is 29.3 Å². The molecule has 2 aliphatic rings. The van der Waals surface area contributed by atoms with E-state index >= 15 is 0 Å². The maximum atomic E-state index is 12.6. The number of benzene rings is 1. The molecular formula is C19H22N4O8. The normalized spacial score (nSPS) is 16.0. The van der Waals surface area contributed by atoms with Crippen molar-refractivity contribution in [3.05, 3.63) is 39.4 Å². The monoisotopic (exact) mass is 434 g/mol. The number of methoxy groups -OCH3 is 1. The molecule has 166 valence electrons. The van der Waals surface area contributed by atoms with Crippen LogP contribution in [0.15, 0.2) is 18.2 Å². The SMILES string of the molecule is COCCOCC(=O)N1CCN(C(=O)CN2C(=O)c3ccc([N+](=O)[O-])cc3C2=O)CC1. The number of nitrogens with zero attached hydrogens (tertiary/aromatic N) is 4. The Morgan fingerprint density at radius 2 is 1.61 bits per heavy atom. The molecular weight excluding hydrogens is 412 g/mol. The van der Waals surface area contributed by atoms with Crippen molar-refractivity contribution in [1.82, 2.24) is 14.7 Å². The number of non-ortho nitro benzene ring substituents is 1. The summed E-state index contributed by atoms with van der Waals surface area (Å²) < 4.78 is 10.0.